The van der Waals surface area contributed by atoms with E-state index >= 15 is 0 Å². The first-order chi connectivity index (χ1) is 10.1. The number of carbonyl (C=O) groups excluding carboxylic acids is 2. The van der Waals surface area contributed by atoms with Crippen molar-refractivity contribution in [1.29, 1.82) is 0 Å². The first kappa shape index (κ1) is 15.2. The van der Waals surface area contributed by atoms with Crippen LogP contribution in [0.1, 0.15) is 25.7 Å². The summed E-state index contributed by atoms with van der Waals surface area (Å²) in [5.74, 6) is 0.0204. The fraction of sp³-hybridized carbons (Fsp3) is 0.467. The number of rotatable bonds is 5. The summed E-state index contributed by atoms with van der Waals surface area (Å²) in [7, 11) is 0. The highest BCUT2D eigenvalue weighted by Gasteiger charge is 2.25. The third-order valence-corrected chi connectivity index (χ3v) is 3.77. The highest BCUT2D eigenvalue weighted by atomic mass is 16.5. The lowest BCUT2D eigenvalue weighted by Crippen LogP contribution is -2.41. The summed E-state index contributed by atoms with van der Waals surface area (Å²) in [6.45, 7) is -0.0655. The lowest BCUT2D eigenvalue weighted by atomic mass is 9.85. The molecule has 0 saturated heterocycles. The molecule has 6 nitrogen and oxygen atoms in total. The zero-order chi connectivity index (χ0) is 15.2. The minimum atomic E-state index is -0.248. The summed E-state index contributed by atoms with van der Waals surface area (Å²) in [5, 5.41) is 2.91. The molecular formula is C15H21N3O3. The van der Waals surface area contributed by atoms with E-state index in [2.05, 4.69) is 5.32 Å². The monoisotopic (exact) mass is 291 g/mol. The molecule has 21 heavy (non-hydrogen) atoms. The number of para-hydroxylation sites is 2. The van der Waals surface area contributed by atoms with E-state index in [-0.39, 0.29) is 30.4 Å². The molecule has 0 aromatic heterocycles. The summed E-state index contributed by atoms with van der Waals surface area (Å²) in [6.07, 6.45) is 3.00. The summed E-state index contributed by atoms with van der Waals surface area (Å²) in [6, 6.07) is 7.14. The Hall–Kier alpha value is -2.24. The van der Waals surface area contributed by atoms with E-state index in [0.29, 0.717) is 11.4 Å². The van der Waals surface area contributed by atoms with Crippen molar-refractivity contribution < 1.29 is 14.3 Å². The van der Waals surface area contributed by atoms with Gasteiger partial charge in [0.05, 0.1) is 5.69 Å². The van der Waals surface area contributed by atoms with Crippen LogP contribution in [-0.4, -0.2) is 24.5 Å². The highest BCUT2D eigenvalue weighted by molar-refractivity contribution is 5.78. The van der Waals surface area contributed by atoms with E-state index in [9.17, 15) is 9.59 Å². The Bertz CT molecular complexity index is 511. The van der Waals surface area contributed by atoms with Gasteiger partial charge in [0.1, 0.15) is 5.75 Å². The lowest BCUT2D eigenvalue weighted by molar-refractivity contribution is -0.124. The second-order valence-electron chi connectivity index (χ2n) is 5.34. The predicted octanol–water partition coefficient (Wildman–Crippen LogP) is 0.808. The van der Waals surface area contributed by atoms with E-state index in [1.54, 1.807) is 24.3 Å². The Kier molecular flexibility index (Phi) is 5.03. The smallest absolute Gasteiger partial charge is 0.258 e. The van der Waals surface area contributed by atoms with Gasteiger partial charge in [0.15, 0.2) is 6.61 Å². The number of benzene rings is 1. The second kappa shape index (κ2) is 6.97. The summed E-state index contributed by atoms with van der Waals surface area (Å²) in [4.78, 5) is 22.9. The number of hydrogen-bond acceptors (Lipinski definition) is 4. The standard InChI is InChI=1S/C15H21N3O3/c16-12-3-1-2-4-13(12)21-9-14(19)18-11-7-5-10(6-8-11)15(17)20/h1-4,10-11H,5-9,16H2,(H2,17,20)(H,18,19). The van der Waals surface area contributed by atoms with Crippen LogP contribution in [0.5, 0.6) is 5.75 Å². The number of anilines is 1. The number of nitrogens with one attached hydrogen (secondary N) is 1. The van der Waals surface area contributed by atoms with Crippen molar-refractivity contribution in [2.24, 2.45) is 11.7 Å². The summed E-state index contributed by atoms with van der Waals surface area (Å²) >= 11 is 0. The molecule has 0 atom stereocenters. The molecular weight excluding hydrogens is 270 g/mol. The van der Waals surface area contributed by atoms with E-state index in [0.717, 1.165) is 25.7 Å². The molecule has 1 aliphatic rings. The number of primary amides is 1. The van der Waals surface area contributed by atoms with Gasteiger partial charge in [0.25, 0.3) is 5.91 Å². The normalized spacial score (nSPS) is 21.5. The van der Waals surface area contributed by atoms with Crippen molar-refractivity contribution in [1.82, 2.24) is 5.32 Å². The van der Waals surface area contributed by atoms with Crippen LogP contribution in [0.15, 0.2) is 24.3 Å². The van der Waals surface area contributed by atoms with Crippen LogP contribution in [0, 0.1) is 5.92 Å². The van der Waals surface area contributed by atoms with Gasteiger partial charge in [-0.15, -0.1) is 0 Å². The Morgan fingerprint density at radius 1 is 1.19 bits per heavy atom. The van der Waals surface area contributed by atoms with Crippen molar-refractivity contribution in [2.75, 3.05) is 12.3 Å². The molecule has 5 N–H and O–H groups in total. The van der Waals surface area contributed by atoms with Gasteiger partial charge in [-0.3, -0.25) is 9.59 Å². The molecule has 0 radical (unpaired) electrons. The molecule has 1 aromatic rings. The largest absolute Gasteiger partial charge is 0.482 e. The van der Waals surface area contributed by atoms with Crippen LogP contribution in [0.3, 0.4) is 0 Å². The van der Waals surface area contributed by atoms with Gasteiger partial charge < -0.3 is 21.5 Å². The molecule has 0 spiro atoms. The van der Waals surface area contributed by atoms with Gasteiger partial charge in [-0.05, 0) is 37.8 Å². The topological polar surface area (TPSA) is 107 Å². The van der Waals surface area contributed by atoms with Crippen LogP contribution >= 0.6 is 0 Å². The molecule has 0 aliphatic heterocycles. The third-order valence-electron chi connectivity index (χ3n) is 3.77. The zero-order valence-corrected chi connectivity index (χ0v) is 11.9. The van der Waals surface area contributed by atoms with Crippen LogP contribution in [0.4, 0.5) is 5.69 Å². The number of nitrogens with two attached hydrogens (primary N) is 2. The van der Waals surface area contributed by atoms with E-state index in [1.165, 1.54) is 0 Å². The van der Waals surface area contributed by atoms with Crippen LogP contribution < -0.4 is 21.5 Å². The Morgan fingerprint density at radius 2 is 1.86 bits per heavy atom. The van der Waals surface area contributed by atoms with Gasteiger partial charge in [-0.2, -0.15) is 0 Å². The molecule has 0 heterocycles. The summed E-state index contributed by atoms with van der Waals surface area (Å²) in [5.41, 5.74) is 11.5. The number of nitrogen functional groups attached to an aromatic ring is 1. The second-order valence-corrected chi connectivity index (χ2v) is 5.34. The highest BCUT2D eigenvalue weighted by Crippen LogP contribution is 2.24. The van der Waals surface area contributed by atoms with Crippen LogP contribution in [0.25, 0.3) is 0 Å². The first-order valence-electron chi connectivity index (χ1n) is 7.12. The van der Waals surface area contributed by atoms with Crippen molar-refractivity contribution in [2.45, 2.75) is 31.7 Å². The van der Waals surface area contributed by atoms with Gasteiger partial charge in [-0.25, -0.2) is 0 Å². The number of amides is 2. The quantitative estimate of drug-likeness (QED) is 0.698. The molecule has 1 fully saturated rings. The first-order valence-corrected chi connectivity index (χ1v) is 7.12. The Morgan fingerprint density at radius 3 is 2.48 bits per heavy atom. The number of hydrogen-bond donors (Lipinski definition) is 3. The maximum absolute atomic E-state index is 11.8. The zero-order valence-electron chi connectivity index (χ0n) is 11.9. The fourth-order valence-corrected chi connectivity index (χ4v) is 2.55. The maximum Gasteiger partial charge on any atom is 0.258 e. The average molecular weight is 291 g/mol. The molecule has 114 valence electrons. The molecule has 0 bridgehead atoms. The van der Waals surface area contributed by atoms with Crippen molar-refractivity contribution in [3.63, 3.8) is 0 Å². The molecule has 0 unspecified atom stereocenters. The minimum absolute atomic E-state index is 0.0569. The molecule has 1 aliphatic carbocycles. The van der Waals surface area contributed by atoms with Gasteiger partial charge in [0, 0.05) is 12.0 Å². The van der Waals surface area contributed by atoms with Crippen molar-refractivity contribution in [3.8, 4) is 5.75 Å². The van der Waals surface area contributed by atoms with E-state index < -0.39 is 0 Å². The van der Waals surface area contributed by atoms with Crippen LogP contribution in [-0.2, 0) is 9.59 Å². The van der Waals surface area contributed by atoms with Gasteiger partial charge in [0.2, 0.25) is 5.91 Å². The van der Waals surface area contributed by atoms with E-state index in [4.69, 9.17) is 16.2 Å². The van der Waals surface area contributed by atoms with Gasteiger partial charge >= 0.3 is 0 Å². The Balaban J connectivity index is 1.73. The molecule has 6 heteroatoms. The predicted molar refractivity (Wildman–Crippen MR) is 79.4 cm³/mol. The van der Waals surface area contributed by atoms with Crippen molar-refractivity contribution in [3.05, 3.63) is 24.3 Å². The molecule has 2 amide bonds. The summed E-state index contributed by atoms with van der Waals surface area (Å²) < 4.78 is 5.39. The van der Waals surface area contributed by atoms with E-state index in [1.807, 2.05) is 0 Å². The fourth-order valence-electron chi connectivity index (χ4n) is 2.55. The average Bonchev–Trinajstić information content (AvgIpc) is 2.47. The molecule has 1 saturated carbocycles. The number of carbonyl (C=O) groups is 2. The van der Waals surface area contributed by atoms with Crippen molar-refractivity contribution >= 4 is 17.5 Å². The maximum atomic E-state index is 11.8. The minimum Gasteiger partial charge on any atom is -0.482 e. The molecule has 1 aromatic carbocycles. The SMILES string of the molecule is NC(=O)C1CCC(NC(=O)COc2ccccc2N)CC1. The third kappa shape index (κ3) is 4.37. The lowest BCUT2D eigenvalue weighted by Gasteiger charge is -2.27. The van der Waals surface area contributed by atoms with Crippen LogP contribution in [0.2, 0.25) is 0 Å². The Labute approximate surface area is 123 Å². The van der Waals surface area contributed by atoms with Gasteiger partial charge in [-0.1, -0.05) is 12.1 Å². The molecule has 2 rings (SSSR count). The number of ether oxygens (including phenoxy) is 1.